The molecule has 0 spiro atoms. The molecule has 0 fully saturated rings. The minimum Gasteiger partial charge on any atom is -0.287 e. The SMILES string of the molecule is NS(=O)(=O)NC(=S)N(c1ccccc1)c1ccccc1. The molecule has 0 saturated heterocycles. The van der Waals surface area contributed by atoms with E-state index in [-0.39, 0.29) is 5.11 Å². The van der Waals surface area contributed by atoms with Crippen molar-refractivity contribution in [3.05, 3.63) is 60.7 Å². The van der Waals surface area contributed by atoms with Crippen LogP contribution in [0.15, 0.2) is 60.7 Å². The molecule has 0 aliphatic rings. The first-order valence-electron chi connectivity index (χ1n) is 5.72. The van der Waals surface area contributed by atoms with Gasteiger partial charge in [0.05, 0.1) is 0 Å². The summed E-state index contributed by atoms with van der Waals surface area (Å²) in [6.45, 7) is 0. The van der Waals surface area contributed by atoms with Crippen LogP contribution >= 0.6 is 12.2 Å². The van der Waals surface area contributed by atoms with E-state index in [0.29, 0.717) is 0 Å². The van der Waals surface area contributed by atoms with E-state index in [4.69, 9.17) is 17.4 Å². The molecule has 0 bridgehead atoms. The summed E-state index contributed by atoms with van der Waals surface area (Å²) in [5.41, 5.74) is 1.47. The smallest absolute Gasteiger partial charge is 0.287 e. The molecule has 0 atom stereocenters. The van der Waals surface area contributed by atoms with Crippen molar-refractivity contribution in [1.29, 1.82) is 0 Å². The third kappa shape index (κ3) is 3.77. The fourth-order valence-corrected chi connectivity index (χ4v) is 2.60. The normalized spacial score (nSPS) is 10.8. The van der Waals surface area contributed by atoms with E-state index < -0.39 is 10.2 Å². The predicted octanol–water partition coefficient (Wildman–Crippen LogP) is 1.90. The third-order valence-electron chi connectivity index (χ3n) is 2.46. The summed E-state index contributed by atoms with van der Waals surface area (Å²) < 4.78 is 24.4. The zero-order chi connectivity index (χ0) is 14.6. The number of anilines is 2. The number of hydrogen-bond acceptors (Lipinski definition) is 3. The Balaban J connectivity index is 2.43. The Hall–Kier alpha value is -1.96. The van der Waals surface area contributed by atoms with E-state index >= 15 is 0 Å². The Morgan fingerprint density at radius 1 is 0.950 bits per heavy atom. The van der Waals surface area contributed by atoms with Crippen molar-refractivity contribution < 1.29 is 8.42 Å². The van der Waals surface area contributed by atoms with Crippen molar-refractivity contribution >= 4 is 38.9 Å². The fourth-order valence-electron chi connectivity index (χ4n) is 1.71. The van der Waals surface area contributed by atoms with Crippen LogP contribution in [-0.2, 0) is 10.2 Å². The number of hydrogen-bond donors (Lipinski definition) is 2. The van der Waals surface area contributed by atoms with Gasteiger partial charge in [-0.25, -0.2) is 9.86 Å². The molecule has 0 aliphatic heterocycles. The van der Waals surface area contributed by atoms with Gasteiger partial charge in [0, 0.05) is 11.4 Å². The lowest BCUT2D eigenvalue weighted by atomic mass is 10.2. The summed E-state index contributed by atoms with van der Waals surface area (Å²) in [5, 5.41) is 4.97. The van der Waals surface area contributed by atoms with E-state index in [1.807, 2.05) is 60.7 Å². The maximum absolute atomic E-state index is 11.2. The molecule has 5 nitrogen and oxygen atoms in total. The van der Waals surface area contributed by atoms with Gasteiger partial charge in [-0.3, -0.25) is 4.90 Å². The molecule has 0 saturated carbocycles. The zero-order valence-electron chi connectivity index (χ0n) is 10.4. The molecular weight excluding hydrogens is 294 g/mol. The summed E-state index contributed by atoms with van der Waals surface area (Å²) in [4.78, 5) is 1.60. The largest absolute Gasteiger partial charge is 0.298 e. The van der Waals surface area contributed by atoms with Gasteiger partial charge in [0.2, 0.25) is 0 Å². The zero-order valence-corrected chi connectivity index (χ0v) is 12.1. The molecule has 0 heterocycles. The number of nitrogens with two attached hydrogens (primary N) is 1. The highest BCUT2D eigenvalue weighted by Crippen LogP contribution is 2.24. The first kappa shape index (κ1) is 14.4. The average Bonchev–Trinajstić information content (AvgIpc) is 2.39. The van der Waals surface area contributed by atoms with E-state index in [1.54, 1.807) is 4.90 Å². The molecule has 2 rings (SSSR count). The molecule has 2 aromatic carbocycles. The van der Waals surface area contributed by atoms with Gasteiger partial charge < -0.3 is 0 Å². The lowest BCUT2D eigenvalue weighted by Gasteiger charge is -2.25. The number of rotatable bonds is 3. The van der Waals surface area contributed by atoms with E-state index in [0.717, 1.165) is 11.4 Å². The van der Waals surface area contributed by atoms with E-state index in [1.165, 1.54) is 0 Å². The lowest BCUT2D eigenvalue weighted by Crippen LogP contribution is -2.43. The molecule has 3 N–H and O–H groups in total. The molecule has 0 aliphatic carbocycles. The predicted molar refractivity (Wildman–Crippen MR) is 83.9 cm³/mol. The molecule has 104 valence electrons. The highest BCUT2D eigenvalue weighted by molar-refractivity contribution is 7.90. The van der Waals surface area contributed by atoms with Crippen molar-refractivity contribution in [2.75, 3.05) is 4.90 Å². The van der Waals surface area contributed by atoms with Gasteiger partial charge in [0.25, 0.3) is 10.2 Å². The second-order valence-corrected chi connectivity index (χ2v) is 5.64. The van der Waals surface area contributed by atoms with Crippen LogP contribution in [0.1, 0.15) is 0 Å². The lowest BCUT2D eigenvalue weighted by molar-refractivity contribution is 0.594. The number of para-hydroxylation sites is 2. The summed E-state index contributed by atoms with van der Waals surface area (Å²) in [6, 6.07) is 18.4. The van der Waals surface area contributed by atoms with Gasteiger partial charge in [0.1, 0.15) is 0 Å². The molecule has 0 amide bonds. The van der Waals surface area contributed by atoms with Gasteiger partial charge in [0.15, 0.2) is 5.11 Å². The standard InChI is InChI=1S/C13H13N3O2S2/c14-20(17,18)15-13(19)16(11-7-3-1-4-8-11)12-9-5-2-6-10-12/h1-10H,(H,15,19)(H2,14,17,18). The number of nitrogens with zero attached hydrogens (tertiary/aromatic N) is 1. The fraction of sp³-hybridized carbons (Fsp3) is 0. The number of nitrogens with one attached hydrogen (secondary N) is 1. The van der Waals surface area contributed by atoms with Crippen LogP contribution in [0.3, 0.4) is 0 Å². The summed E-state index contributed by atoms with van der Waals surface area (Å²) in [7, 11) is -3.92. The first-order valence-corrected chi connectivity index (χ1v) is 7.67. The Morgan fingerprint density at radius 3 is 1.70 bits per heavy atom. The van der Waals surface area contributed by atoms with Crippen molar-refractivity contribution in [3.63, 3.8) is 0 Å². The first-order chi connectivity index (χ1) is 9.47. The van der Waals surface area contributed by atoms with E-state index in [9.17, 15) is 8.42 Å². The molecule has 20 heavy (non-hydrogen) atoms. The van der Waals surface area contributed by atoms with E-state index in [2.05, 4.69) is 4.72 Å². The highest BCUT2D eigenvalue weighted by atomic mass is 32.2. The molecule has 7 heteroatoms. The van der Waals surface area contributed by atoms with Gasteiger partial charge >= 0.3 is 0 Å². The molecular formula is C13H13N3O2S2. The van der Waals surface area contributed by atoms with Crippen LogP contribution in [0.25, 0.3) is 0 Å². The number of thiocarbonyl (C=S) groups is 1. The van der Waals surface area contributed by atoms with Crippen LogP contribution in [0, 0.1) is 0 Å². The third-order valence-corrected chi connectivity index (χ3v) is 3.35. The average molecular weight is 307 g/mol. The van der Waals surface area contributed by atoms with Gasteiger partial charge in [-0.2, -0.15) is 8.42 Å². The maximum Gasteiger partial charge on any atom is 0.298 e. The molecule has 0 unspecified atom stereocenters. The molecule has 0 aromatic heterocycles. The van der Waals surface area contributed by atoms with Crippen molar-refractivity contribution in [1.82, 2.24) is 4.72 Å². The Kier molecular flexibility index (Phi) is 4.33. The topological polar surface area (TPSA) is 75.4 Å². The summed E-state index contributed by atoms with van der Waals surface area (Å²) in [6.07, 6.45) is 0. The number of benzene rings is 2. The second-order valence-electron chi connectivity index (χ2n) is 3.96. The summed E-state index contributed by atoms with van der Waals surface area (Å²) >= 11 is 5.14. The van der Waals surface area contributed by atoms with Crippen LogP contribution in [0.4, 0.5) is 11.4 Å². The quantitative estimate of drug-likeness (QED) is 0.849. The van der Waals surface area contributed by atoms with Crippen molar-refractivity contribution in [2.24, 2.45) is 5.14 Å². The van der Waals surface area contributed by atoms with Gasteiger partial charge in [-0.1, -0.05) is 36.4 Å². The maximum atomic E-state index is 11.2. The Morgan fingerprint density at radius 2 is 1.35 bits per heavy atom. The Bertz CT molecular complexity index is 649. The van der Waals surface area contributed by atoms with Crippen molar-refractivity contribution in [2.45, 2.75) is 0 Å². The minimum atomic E-state index is -3.92. The van der Waals surface area contributed by atoms with Crippen LogP contribution in [0.5, 0.6) is 0 Å². The van der Waals surface area contributed by atoms with Crippen LogP contribution < -0.4 is 14.8 Å². The minimum absolute atomic E-state index is 0.00935. The van der Waals surface area contributed by atoms with Gasteiger partial charge in [-0.05, 0) is 36.5 Å². The van der Waals surface area contributed by atoms with Crippen LogP contribution in [-0.4, -0.2) is 13.5 Å². The van der Waals surface area contributed by atoms with Crippen molar-refractivity contribution in [3.8, 4) is 0 Å². The monoisotopic (exact) mass is 307 g/mol. The summed E-state index contributed by atoms with van der Waals surface area (Å²) in [5.74, 6) is 0. The molecule has 2 aromatic rings. The molecule has 0 radical (unpaired) electrons. The van der Waals surface area contributed by atoms with Crippen LogP contribution in [0.2, 0.25) is 0 Å². The van der Waals surface area contributed by atoms with Gasteiger partial charge in [-0.15, -0.1) is 0 Å². The Labute approximate surface area is 123 Å². The highest BCUT2D eigenvalue weighted by Gasteiger charge is 2.17. The second kappa shape index (κ2) is 6.00.